The molecule has 0 fully saturated rings. The van der Waals surface area contributed by atoms with Crippen molar-refractivity contribution in [1.29, 1.82) is 0 Å². The SMILES string of the molecule is CC1(C)c2ccccc2N(CCCCCCCCCCC(=O)O)C12C=Cc1cc([N+](=O)[O-])cc([N+](=O)[O-])c1O2. The van der Waals surface area contributed by atoms with E-state index in [1.165, 1.54) is 6.07 Å². The number of rotatable bonds is 13. The minimum Gasteiger partial charge on any atom is -0.481 e. The first-order chi connectivity index (χ1) is 18.6. The topological polar surface area (TPSA) is 136 Å². The molecule has 39 heavy (non-hydrogen) atoms. The van der Waals surface area contributed by atoms with Gasteiger partial charge in [0.05, 0.1) is 21.3 Å². The van der Waals surface area contributed by atoms with Gasteiger partial charge in [0.1, 0.15) is 0 Å². The van der Waals surface area contributed by atoms with E-state index in [4.69, 9.17) is 9.84 Å². The van der Waals surface area contributed by atoms with E-state index in [1.807, 2.05) is 24.3 Å². The number of hydrogen-bond acceptors (Lipinski definition) is 7. The van der Waals surface area contributed by atoms with Crippen LogP contribution in [-0.2, 0) is 10.2 Å². The van der Waals surface area contributed by atoms with Gasteiger partial charge < -0.3 is 14.7 Å². The number of nitro groups is 2. The number of carboxylic acid groups (broad SMARTS) is 1. The van der Waals surface area contributed by atoms with Crippen molar-refractivity contribution in [2.45, 2.75) is 82.8 Å². The first kappa shape index (κ1) is 28.1. The zero-order valence-electron chi connectivity index (χ0n) is 22.4. The highest BCUT2D eigenvalue weighted by molar-refractivity contribution is 5.76. The first-order valence-electron chi connectivity index (χ1n) is 13.5. The van der Waals surface area contributed by atoms with Crippen LogP contribution in [0.2, 0.25) is 0 Å². The Kier molecular flexibility index (Phi) is 8.22. The summed E-state index contributed by atoms with van der Waals surface area (Å²) in [6.07, 6.45) is 11.7. The van der Waals surface area contributed by atoms with Crippen LogP contribution in [0.1, 0.15) is 82.8 Å². The average Bonchev–Trinajstić information content (AvgIpc) is 3.07. The van der Waals surface area contributed by atoms with Crippen molar-refractivity contribution in [1.82, 2.24) is 0 Å². The second-order valence-electron chi connectivity index (χ2n) is 10.8. The Balaban J connectivity index is 1.51. The zero-order valence-corrected chi connectivity index (χ0v) is 22.4. The number of fused-ring (bicyclic) bond motifs is 2. The highest BCUT2D eigenvalue weighted by atomic mass is 16.6. The maximum atomic E-state index is 11.9. The molecule has 0 saturated heterocycles. The third-order valence-corrected chi connectivity index (χ3v) is 7.92. The Hall–Kier alpha value is -3.95. The molecule has 1 N–H and O–H groups in total. The molecule has 4 rings (SSSR count). The largest absolute Gasteiger partial charge is 0.481 e. The number of para-hydroxylation sites is 1. The fraction of sp³-hybridized carbons (Fsp3) is 0.483. The van der Waals surface area contributed by atoms with Crippen LogP contribution in [0, 0.1) is 20.2 Å². The molecule has 0 saturated carbocycles. The fourth-order valence-corrected chi connectivity index (χ4v) is 5.81. The summed E-state index contributed by atoms with van der Waals surface area (Å²) in [5, 5.41) is 32.1. The molecular weight excluding hydrogens is 502 g/mol. The number of nitro benzene ring substituents is 2. The van der Waals surface area contributed by atoms with Gasteiger partial charge in [-0.15, -0.1) is 0 Å². The molecule has 2 aromatic carbocycles. The molecule has 2 aromatic rings. The number of carboxylic acids is 1. The van der Waals surface area contributed by atoms with Gasteiger partial charge in [0.25, 0.3) is 5.69 Å². The summed E-state index contributed by atoms with van der Waals surface area (Å²) in [7, 11) is 0. The molecule has 1 unspecified atom stereocenters. The van der Waals surface area contributed by atoms with Crippen LogP contribution in [0.5, 0.6) is 5.75 Å². The average molecular weight is 538 g/mol. The lowest BCUT2D eigenvalue weighted by Gasteiger charge is -2.47. The van der Waals surface area contributed by atoms with Crippen LogP contribution >= 0.6 is 0 Å². The quantitative estimate of drug-likeness (QED) is 0.164. The number of benzene rings is 2. The summed E-state index contributed by atoms with van der Waals surface area (Å²) in [4.78, 5) is 34.9. The van der Waals surface area contributed by atoms with Crippen LogP contribution in [-0.4, -0.2) is 33.2 Å². The van der Waals surface area contributed by atoms with Crippen molar-refractivity contribution in [2.75, 3.05) is 11.4 Å². The van der Waals surface area contributed by atoms with Gasteiger partial charge in [-0.05, 0) is 50.5 Å². The molecule has 10 nitrogen and oxygen atoms in total. The normalized spacial score (nSPS) is 18.5. The van der Waals surface area contributed by atoms with Crippen LogP contribution in [0.25, 0.3) is 6.08 Å². The minimum atomic E-state index is -1.03. The second kappa shape index (κ2) is 11.4. The summed E-state index contributed by atoms with van der Waals surface area (Å²) in [5.74, 6) is -0.697. The summed E-state index contributed by atoms with van der Waals surface area (Å²) < 4.78 is 6.60. The first-order valence-corrected chi connectivity index (χ1v) is 13.5. The van der Waals surface area contributed by atoms with E-state index in [9.17, 15) is 25.0 Å². The molecule has 1 atom stereocenters. The Labute approximate surface area is 227 Å². The van der Waals surface area contributed by atoms with E-state index in [2.05, 4.69) is 24.8 Å². The van der Waals surface area contributed by atoms with Crippen molar-refractivity contribution < 1.29 is 24.5 Å². The van der Waals surface area contributed by atoms with Crippen molar-refractivity contribution in [3.05, 3.63) is 73.8 Å². The maximum Gasteiger partial charge on any atom is 0.318 e. The Morgan fingerprint density at radius 3 is 2.23 bits per heavy atom. The summed E-state index contributed by atoms with van der Waals surface area (Å²) in [6, 6.07) is 10.3. The maximum absolute atomic E-state index is 11.9. The number of non-ortho nitro benzene ring substituents is 1. The Bertz CT molecular complexity index is 1290. The predicted octanol–water partition coefficient (Wildman–Crippen LogP) is 7.00. The van der Waals surface area contributed by atoms with Gasteiger partial charge in [-0.2, -0.15) is 0 Å². The van der Waals surface area contributed by atoms with Crippen molar-refractivity contribution in [2.24, 2.45) is 0 Å². The molecule has 0 radical (unpaired) electrons. The Morgan fingerprint density at radius 2 is 1.59 bits per heavy atom. The number of ether oxygens (including phenoxy) is 1. The second-order valence-corrected chi connectivity index (χ2v) is 10.8. The van der Waals surface area contributed by atoms with Crippen LogP contribution in [0.4, 0.5) is 17.1 Å². The number of hydrogen-bond donors (Lipinski definition) is 1. The number of nitrogens with zero attached hydrogens (tertiary/aromatic N) is 3. The highest BCUT2D eigenvalue weighted by Gasteiger charge is 2.59. The number of aliphatic carboxylic acids is 1. The van der Waals surface area contributed by atoms with E-state index >= 15 is 0 Å². The lowest BCUT2D eigenvalue weighted by atomic mass is 9.76. The molecule has 0 aliphatic carbocycles. The van der Waals surface area contributed by atoms with E-state index in [0.717, 1.165) is 68.7 Å². The van der Waals surface area contributed by atoms with Crippen molar-refractivity contribution >= 4 is 29.1 Å². The van der Waals surface area contributed by atoms with E-state index in [-0.39, 0.29) is 17.9 Å². The van der Waals surface area contributed by atoms with Gasteiger partial charge >= 0.3 is 11.7 Å². The third-order valence-electron chi connectivity index (χ3n) is 7.92. The van der Waals surface area contributed by atoms with Crippen molar-refractivity contribution in [3.63, 3.8) is 0 Å². The smallest absolute Gasteiger partial charge is 0.318 e. The van der Waals surface area contributed by atoms with Crippen LogP contribution in [0.15, 0.2) is 42.5 Å². The number of unbranched alkanes of at least 4 members (excludes halogenated alkanes) is 7. The lowest BCUT2D eigenvalue weighted by molar-refractivity contribution is -0.395. The molecule has 208 valence electrons. The monoisotopic (exact) mass is 537 g/mol. The van der Waals surface area contributed by atoms with Gasteiger partial charge in [0, 0.05) is 30.3 Å². The van der Waals surface area contributed by atoms with Gasteiger partial charge in [-0.3, -0.25) is 25.0 Å². The van der Waals surface area contributed by atoms with E-state index in [0.29, 0.717) is 12.1 Å². The van der Waals surface area contributed by atoms with Crippen molar-refractivity contribution in [3.8, 4) is 5.75 Å². The third kappa shape index (κ3) is 5.46. The van der Waals surface area contributed by atoms with Crippen LogP contribution in [0.3, 0.4) is 0 Å². The lowest BCUT2D eigenvalue weighted by Crippen LogP contribution is -2.59. The molecule has 2 aliphatic heterocycles. The number of anilines is 1. The van der Waals surface area contributed by atoms with Gasteiger partial charge in [-0.25, -0.2) is 0 Å². The fourth-order valence-electron chi connectivity index (χ4n) is 5.81. The van der Waals surface area contributed by atoms with Gasteiger partial charge in [-0.1, -0.05) is 56.7 Å². The van der Waals surface area contributed by atoms with Crippen LogP contribution < -0.4 is 9.64 Å². The summed E-state index contributed by atoms with van der Waals surface area (Å²) in [6.45, 7) is 4.80. The van der Waals surface area contributed by atoms with Gasteiger partial charge in [0.2, 0.25) is 11.5 Å². The molecule has 1 spiro atoms. The molecule has 0 amide bonds. The van der Waals surface area contributed by atoms with E-state index < -0.39 is 32.6 Å². The molecule has 0 aromatic heterocycles. The summed E-state index contributed by atoms with van der Waals surface area (Å²) >= 11 is 0. The molecule has 10 heteroatoms. The molecule has 2 heterocycles. The van der Waals surface area contributed by atoms with Gasteiger partial charge in [0.15, 0.2) is 0 Å². The predicted molar refractivity (Wildman–Crippen MR) is 148 cm³/mol. The zero-order chi connectivity index (χ0) is 28.2. The molecule has 2 aliphatic rings. The standard InChI is InChI=1S/C29H35N3O7/c1-28(2)23-13-10-11-14-24(23)30(18-12-8-6-4-3-5-7-9-15-26(33)34)29(28)17-16-21-19-22(31(35)36)20-25(32(37)38)27(21)39-29/h10-11,13-14,16-17,19-20H,3-9,12,15,18H2,1-2H3,(H,33,34). The molecular formula is C29H35N3O7. The Morgan fingerprint density at radius 1 is 0.949 bits per heavy atom. The highest BCUT2D eigenvalue weighted by Crippen LogP contribution is 2.56. The summed E-state index contributed by atoms with van der Waals surface area (Å²) in [5.41, 5.74) is 0.0347. The molecule has 0 bridgehead atoms. The number of carbonyl (C=O) groups is 1. The minimum absolute atomic E-state index is 0.0434. The van der Waals surface area contributed by atoms with E-state index in [1.54, 1.807) is 6.08 Å².